The van der Waals surface area contributed by atoms with Gasteiger partial charge in [0.1, 0.15) is 5.03 Å². The Morgan fingerprint density at radius 3 is 3.10 bits per heavy atom. The van der Waals surface area contributed by atoms with Crippen molar-refractivity contribution in [2.45, 2.75) is 5.03 Å². The topological polar surface area (TPSA) is 45.2 Å². The van der Waals surface area contributed by atoms with Crippen molar-refractivity contribution in [2.24, 2.45) is 0 Å². The van der Waals surface area contributed by atoms with Crippen LogP contribution < -0.4 is 10.2 Å². The molecule has 0 spiro atoms. The van der Waals surface area contributed by atoms with E-state index in [-0.39, 0.29) is 6.03 Å². The zero-order valence-corrected chi connectivity index (χ0v) is 12.9. The average molecular weight is 350 g/mol. The molecule has 0 aliphatic carbocycles. The maximum absolute atomic E-state index is 12.4. The molecule has 0 fully saturated rings. The van der Waals surface area contributed by atoms with Crippen LogP contribution in [0.2, 0.25) is 0 Å². The van der Waals surface area contributed by atoms with E-state index in [0.717, 1.165) is 26.6 Å². The predicted molar refractivity (Wildman–Crippen MR) is 85.5 cm³/mol. The zero-order chi connectivity index (χ0) is 13.9. The van der Waals surface area contributed by atoms with Gasteiger partial charge in [-0.3, -0.25) is 4.90 Å². The van der Waals surface area contributed by atoms with Crippen molar-refractivity contribution in [1.29, 1.82) is 0 Å². The van der Waals surface area contributed by atoms with Gasteiger partial charge in [-0.05, 0) is 30.3 Å². The summed E-state index contributed by atoms with van der Waals surface area (Å²) < 4.78 is 0.937. The minimum Gasteiger partial charge on any atom is -0.308 e. The summed E-state index contributed by atoms with van der Waals surface area (Å²) in [4.78, 5) is 18.4. The highest BCUT2D eigenvalue weighted by molar-refractivity contribution is 9.10. The van der Waals surface area contributed by atoms with E-state index in [9.17, 15) is 4.79 Å². The van der Waals surface area contributed by atoms with Crippen molar-refractivity contribution in [3.63, 3.8) is 0 Å². The van der Waals surface area contributed by atoms with Gasteiger partial charge in [0.15, 0.2) is 0 Å². The molecule has 2 heterocycles. The van der Waals surface area contributed by atoms with E-state index >= 15 is 0 Å². The Morgan fingerprint density at radius 2 is 2.25 bits per heavy atom. The van der Waals surface area contributed by atoms with Gasteiger partial charge in [0.2, 0.25) is 0 Å². The number of anilines is 2. The summed E-state index contributed by atoms with van der Waals surface area (Å²) in [7, 11) is 0. The fourth-order valence-corrected chi connectivity index (χ4v) is 3.35. The first-order valence-electron chi connectivity index (χ1n) is 6.16. The molecule has 0 radical (unpaired) electrons. The molecule has 2 amide bonds. The average Bonchev–Trinajstić information content (AvgIpc) is 2.46. The zero-order valence-electron chi connectivity index (χ0n) is 10.5. The van der Waals surface area contributed by atoms with Gasteiger partial charge in [-0.2, -0.15) is 0 Å². The van der Waals surface area contributed by atoms with E-state index in [4.69, 9.17) is 0 Å². The van der Waals surface area contributed by atoms with Crippen molar-refractivity contribution in [3.8, 4) is 0 Å². The summed E-state index contributed by atoms with van der Waals surface area (Å²) in [6.07, 6.45) is 1.75. The Kier molecular flexibility index (Phi) is 3.93. The summed E-state index contributed by atoms with van der Waals surface area (Å²) in [6, 6.07) is 11.2. The number of nitrogens with zero attached hydrogens (tertiary/aromatic N) is 2. The Hall–Kier alpha value is -1.53. The monoisotopic (exact) mass is 349 g/mol. The Morgan fingerprint density at radius 1 is 1.35 bits per heavy atom. The molecule has 1 aromatic heterocycles. The van der Waals surface area contributed by atoms with E-state index in [2.05, 4.69) is 26.2 Å². The second-order valence-electron chi connectivity index (χ2n) is 4.27. The lowest BCUT2D eigenvalue weighted by molar-refractivity contribution is 0.257. The lowest BCUT2D eigenvalue weighted by Gasteiger charge is -2.28. The Labute approximate surface area is 129 Å². The number of hydrogen-bond donors (Lipinski definition) is 1. The quantitative estimate of drug-likeness (QED) is 0.846. The van der Waals surface area contributed by atoms with Gasteiger partial charge in [-0.25, -0.2) is 9.78 Å². The number of rotatable bonds is 1. The molecule has 3 rings (SSSR count). The Balaban J connectivity index is 1.82. The van der Waals surface area contributed by atoms with Crippen LogP contribution in [0.4, 0.5) is 16.2 Å². The van der Waals surface area contributed by atoms with E-state index in [0.29, 0.717) is 6.54 Å². The van der Waals surface area contributed by atoms with Crippen molar-refractivity contribution < 1.29 is 4.79 Å². The molecule has 0 bridgehead atoms. The van der Waals surface area contributed by atoms with E-state index < -0.39 is 0 Å². The molecule has 102 valence electrons. The number of benzene rings is 1. The number of aromatic nitrogens is 1. The summed E-state index contributed by atoms with van der Waals surface area (Å²) in [6.45, 7) is 0.684. The highest BCUT2D eigenvalue weighted by Gasteiger charge is 2.23. The van der Waals surface area contributed by atoms with Crippen LogP contribution in [-0.2, 0) is 0 Å². The third kappa shape index (κ3) is 2.81. The summed E-state index contributed by atoms with van der Waals surface area (Å²) >= 11 is 5.07. The Bertz CT molecular complexity index is 650. The fourth-order valence-electron chi connectivity index (χ4n) is 2.02. The standard InChI is InChI=1S/C14H12BrN3OS/c15-10-3-1-4-11(9-10)17-14(19)18-7-8-20-13-12(18)5-2-6-16-13/h1-6,9H,7-8H2,(H,17,19). The second-order valence-corrected chi connectivity index (χ2v) is 6.27. The first-order valence-corrected chi connectivity index (χ1v) is 7.94. The largest absolute Gasteiger partial charge is 0.326 e. The van der Waals surface area contributed by atoms with E-state index in [1.54, 1.807) is 22.9 Å². The number of halogens is 1. The first-order chi connectivity index (χ1) is 9.74. The van der Waals surface area contributed by atoms with Crippen LogP contribution in [-0.4, -0.2) is 23.3 Å². The highest BCUT2D eigenvalue weighted by Crippen LogP contribution is 2.32. The van der Waals surface area contributed by atoms with Gasteiger partial charge in [0, 0.05) is 28.7 Å². The molecule has 6 heteroatoms. The van der Waals surface area contributed by atoms with E-state index in [1.807, 2.05) is 36.4 Å². The van der Waals surface area contributed by atoms with Crippen molar-refractivity contribution in [2.75, 3.05) is 22.5 Å². The molecule has 20 heavy (non-hydrogen) atoms. The van der Waals surface area contributed by atoms with Gasteiger partial charge >= 0.3 is 6.03 Å². The third-order valence-corrected chi connectivity index (χ3v) is 4.38. The van der Waals surface area contributed by atoms with Crippen molar-refractivity contribution >= 4 is 45.1 Å². The molecule has 0 saturated carbocycles. The van der Waals surface area contributed by atoms with Crippen LogP contribution in [0.25, 0.3) is 0 Å². The number of fused-ring (bicyclic) bond motifs is 1. The van der Waals surface area contributed by atoms with Crippen LogP contribution in [0, 0.1) is 0 Å². The molecule has 0 unspecified atom stereocenters. The minimum absolute atomic E-state index is 0.127. The molecule has 2 aromatic rings. The molecule has 0 saturated heterocycles. The molecule has 0 atom stereocenters. The highest BCUT2D eigenvalue weighted by atomic mass is 79.9. The third-order valence-electron chi connectivity index (χ3n) is 2.92. The van der Waals surface area contributed by atoms with Crippen LogP contribution in [0.3, 0.4) is 0 Å². The second kappa shape index (κ2) is 5.85. The lowest BCUT2D eigenvalue weighted by Crippen LogP contribution is -2.38. The fraction of sp³-hybridized carbons (Fsp3) is 0.143. The number of amides is 2. The number of nitrogens with one attached hydrogen (secondary N) is 1. The summed E-state index contributed by atoms with van der Waals surface area (Å²) in [5.74, 6) is 0.857. The van der Waals surface area contributed by atoms with Crippen LogP contribution >= 0.6 is 27.7 Å². The molecule has 1 aliphatic rings. The van der Waals surface area contributed by atoms with Gasteiger partial charge in [0.05, 0.1) is 5.69 Å². The molecular formula is C14H12BrN3OS. The number of carbonyl (C=O) groups is 1. The van der Waals surface area contributed by atoms with Gasteiger partial charge in [-0.15, -0.1) is 11.8 Å². The normalized spacial score (nSPS) is 13.8. The molecule has 4 nitrogen and oxygen atoms in total. The summed E-state index contributed by atoms with van der Waals surface area (Å²) in [5.41, 5.74) is 1.64. The molecule has 1 aromatic carbocycles. The van der Waals surface area contributed by atoms with Gasteiger partial charge in [-0.1, -0.05) is 22.0 Å². The van der Waals surface area contributed by atoms with E-state index in [1.165, 1.54) is 0 Å². The minimum atomic E-state index is -0.127. The number of urea groups is 1. The van der Waals surface area contributed by atoms with Gasteiger partial charge < -0.3 is 5.32 Å². The SMILES string of the molecule is O=C(Nc1cccc(Br)c1)N1CCSc2ncccc21. The number of thioether (sulfide) groups is 1. The summed E-state index contributed by atoms with van der Waals surface area (Å²) in [5, 5.41) is 3.82. The lowest BCUT2D eigenvalue weighted by atomic mass is 10.3. The number of carbonyl (C=O) groups excluding carboxylic acids is 1. The van der Waals surface area contributed by atoms with Crippen LogP contribution in [0.15, 0.2) is 52.1 Å². The van der Waals surface area contributed by atoms with Gasteiger partial charge in [0.25, 0.3) is 0 Å². The smallest absolute Gasteiger partial charge is 0.308 e. The maximum Gasteiger partial charge on any atom is 0.326 e. The number of pyridine rings is 1. The number of hydrogen-bond acceptors (Lipinski definition) is 3. The molecule has 1 N–H and O–H groups in total. The predicted octanol–water partition coefficient (Wildman–Crippen LogP) is 3.99. The molecular weight excluding hydrogens is 338 g/mol. The van der Waals surface area contributed by atoms with Crippen molar-refractivity contribution in [1.82, 2.24) is 4.98 Å². The van der Waals surface area contributed by atoms with Crippen LogP contribution in [0.1, 0.15) is 0 Å². The first kappa shape index (κ1) is 13.5. The maximum atomic E-state index is 12.4. The van der Waals surface area contributed by atoms with Crippen LogP contribution in [0.5, 0.6) is 0 Å². The molecule has 1 aliphatic heterocycles. The van der Waals surface area contributed by atoms with Crippen molar-refractivity contribution in [3.05, 3.63) is 47.1 Å².